The van der Waals surface area contributed by atoms with Gasteiger partial charge in [0.25, 0.3) is 11.8 Å². The fourth-order valence-corrected chi connectivity index (χ4v) is 3.01. The van der Waals surface area contributed by atoms with Crippen molar-refractivity contribution in [2.24, 2.45) is 0 Å². The fraction of sp³-hybridized carbons (Fsp3) is 0.364. The summed E-state index contributed by atoms with van der Waals surface area (Å²) >= 11 is 3.34. The first-order valence-corrected chi connectivity index (χ1v) is 10.3. The van der Waals surface area contributed by atoms with Crippen molar-refractivity contribution >= 4 is 27.7 Å². The van der Waals surface area contributed by atoms with Crippen LogP contribution in [0.15, 0.2) is 40.9 Å². The number of amides is 2. The van der Waals surface area contributed by atoms with E-state index in [-0.39, 0.29) is 18.6 Å². The molecule has 2 N–H and O–H groups in total. The molecule has 7 heteroatoms. The molecule has 2 aromatic rings. The number of ether oxygens (including phenoxy) is 2. The summed E-state index contributed by atoms with van der Waals surface area (Å²) < 4.78 is 12.1. The Balaban J connectivity index is 1.97. The van der Waals surface area contributed by atoms with Gasteiger partial charge in [0, 0.05) is 4.47 Å². The standard InChI is InChI=1S/C22H27BrN2O4/c1-13(2)17-8-6-15(5)10-20(17)28-12-21(26)24-25-22(27)18-11-16(23)7-9-19(18)29-14(3)4/h6-11,13-14H,12H2,1-5H3,(H,24,26)(H,25,27). The summed E-state index contributed by atoms with van der Waals surface area (Å²) in [5.74, 6) is 0.433. The molecule has 0 aliphatic heterocycles. The van der Waals surface area contributed by atoms with E-state index < -0.39 is 11.8 Å². The number of carbonyl (C=O) groups is 2. The summed E-state index contributed by atoms with van der Waals surface area (Å²) in [6.45, 7) is 9.63. The van der Waals surface area contributed by atoms with Gasteiger partial charge in [-0.15, -0.1) is 0 Å². The van der Waals surface area contributed by atoms with Crippen LogP contribution in [0, 0.1) is 6.92 Å². The van der Waals surface area contributed by atoms with Gasteiger partial charge in [-0.2, -0.15) is 0 Å². The average Bonchev–Trinajstić information content (AvgIpc) is 2.65. The Morgan fingerprint density at radius 2 is 1.72 bits per heavy atom. The Morgan fingerprint density at radius 3 is 2.38 bits per heavy atom. The lowest BCUT2D eigenvalue weighted by Crippen LogP contribution is -2.44. The van der Waals surface area contributed by atoms with Crippen LogP contribution in [0.1, 0.15) is 55.1 Å². The van der Waals surface area contributed by atoms with Crippen LogP contribution < -0.4 is 20.3 Å². The molecule has 2 rings (SSSR count). The predicted molar refractivity (Wildman–Crippen MR) is 116 cm³/mol. The SMILES string of the molecule is Cc1ccc(C(C)C)c(OCC(=O)NNC(=O)c2cc(Br)ccc2OC(C)C)c1. The second kappa shape index (κ2) is 10.3. The Hall–Kier alpha value is -2.54. The summed E-state index contributed by atoms with van der Waals surface area (Å²) in [6, 6.07) is 11.0. The first-order valence-electron chi connectivity index (χ1n) is 9.46. The van der Waals surface area contributed by atoms with Crippen LogP contribution in [0.2, 0.25) is 0 Å². The first kappa shape index (κ1) is 22.7. The van der Waals surface area contributed by atoms with E-state index in [9.17, 15) is 9.59 Å². The molecule has 0 aliphatic rings. The molecular weight excluding hydrogens is 436 g/mol. The summed E-state index contributed by atoms with van der Waals surface area (Å²) in [4.78, 5) is 24.7. The Morgan fingerprint density at radius 1 is 1.00 bits per heavy atom. The van der Waals surface area contributed by atoms with Crippen molar-refractivity contribution in [3.8, 4) is 11.5 Å². The number of benzene rings is 2. The summed E-state index contributed by atoms with van der Waals surface area (Å²) in [6.07, 6.45) is -0.0878. The van der Waals surface area contributed by atoms with Crippen LogP contribution in [-0.4, -0.2) is 24.5 Å². The van der Waals surface area contributed by atoms with E-state index in [0.29, 0.717) is 17.1 Å². The predicted octanol–water partition coefficient (Wildman–Crippen LogP) is 4.51. The minimum atomic E-state index is -0.478. The van der Waals surface area contributed by atoms with Crippen LogP contribution in [-0.2, 0) is 4.79 Å². The van der Waals surface area contributed by atoms with Gasteiger partial charge in [0.15, 0.2) is 6.61 Å². The highest BCUT2D eigenvalue weighted by molar-refractivity contribution is 9.10. The second-order valence-corrected chi connectivity index (χ2v) is 8.21. The maximum Gasteiger partial charge on any atom is 0.276 e. The largest absolute Gasteiger partial charge is 0.490 e. The molecule has 0 aliphatic carbocycles. The molecule has 0 heterocycles. The normalized spacial score (nSPS) is 10.8. The van der Waals surface area contributed by atoms with Crippen molar-refractivity contribution in [3.63, 3.8) is 0 Å². The van der Waals surface area contributed by atoms with Crippen molar-refractivity contribution in [2.45, 2.75) is 46.6 Å². The van der Waals surface area contributed by atoms with Crippen LogP contribution in [0.3, 0.4) is 0 Å². The Labute approximate surface area is 180 Å². The van der Waals surface area contributed by atoms with Gasteiger partial charge < -0.3 is 9.47 Å². The molecule has 0 saturated carbocycles. The number of carbonyl (C=O) groups excluding carboxylic acids is 2. The lowest BCUT2D eigenvalue weighted by Gasteiger charge is -2.16. The van der Waals surface area contributed by atoms with Gasteiger partial charge in [-0.05, 0) is 62.1 Å². The Bertz CT molecular complexity index is 881. The monoisotopic (exact) mass is 462 g/mol. The number of aryl methyl sites for hydroxylation is 1. The van der Waals surface area contributed by atoms with Gasteiger partial charge >= 0.3 is 0 Å². The van der Waals surface area contributed by atoms with Gasteiger partial charge in [-0.25, -0.2) is 0 Å². The summed E-state index contributed by atoms with van der Waals surface area (Å²) in [7, 11) is 0. The lowest BCUT2D eigenvalue weighted by molar-refractivity contribution is -0.123. The van der Waals surface area contributed by atoms with Gasteiger partial charge in [-0.1, -0.05) is 41.9 Å². The number of halogens is 1. The molecule has 0 aromatic heterocycles. The van der Waals surface area contributed by atoms with Crippen molar-refractivity contribution in [1.82, 2.24) is 10.9 Å². The molecule has 6 nitrogen and oxygen atoms in total. The molecular formula is C22H27BrN2O4. The number of hydrogen-bond donors (Lipinski definition) is 2. The number of hydrazine groups is 1. The fourth-order valence-electron chi connectivity index (χ4n) is 2.65. The maximum atomic E-state index is 12.5. The minimum absolute atomic E-state index is 0.0878. The highest BCUT2D eigenvalue weighted by Gasteiger charge is 2.16. The zero-order chi connectivity index (χ0) is 21.6. The van der Waals surface area contributed by atoms with Crippen molar-refractivity contribution in [2.75, 3.05) is 6.61 Å². The number of rotatable bonds is 7. The van der Waals surface area contributed by atoms with Crippen molar-refractivity contribution < 1.29 is 19.1 Å². The van der Waals surface area contributed by atoms with Crippen LogP contribution in [0.4, 0.5) is 0 Å². The van der Waals surface area contributed by atoms with Crippen LogP contribution >= 0.6 is 15.9 Å². The first-order chi connectivity index (χ1) is 13.7. The number of nitrogens with one attached hydrogen (secondary N) is 2. The third-order valence-electron chi connectivity index (χ3n) is 4.01. The summed E-state index contributed by atoms with van der Waals surface area (Å²) in [5.41, 5.74) is 7.17. The van der Waals surface area contributed by atoms with Gasteiger partial charge in [-0.3, -0.25) is 20.4 Å². The lowest BCUT2D eigenvalue weighted by atomic mass is 10.0. The highest BCUT2D eigenvalue weighted by Crippen LogP contribution is 2.27. The molecule has 0 atom stereocenters. The van der Waals surface area contributed by atoms with Crippen LogP contribution in [0.25, 0.3) is 0 Å². The molecule has 0 bridgehead atoms. The van der Waals surface area contributed by atoms with Crippen molar-refractivity contribution in [3.05, 3.63) is 57.6 Å². The molecule has 0 spiro atoms. The number of hydrogen-bond acceptors (Lipinski definition) is 4. The van der Waals surface area contributed by atoms with Gasteiger partial charge in [0.05, 0.1) is 11.7 Å². The quantitative estimate of drug-likeness (QED) is 0.593. The molecule has 156 valence electrons. The smallest absolute Gasteiger partial charge is 0.276 e. The Kier molecular flexibility index (Phi) is 8.08. The molecule has 0 fully saturated rings. The van der Waals surface area contributed by atoms with Gasteiger partial charge in [0.1, 0.15) is 11.5 Å². The third kappa shape index (κ3) is 6.78. The molecule has 29 heavy (non-hydrogen) atoms. The molecule has 2 aromatic carbocycles. The van der Waals surface area contributed by atoms with Crippen LogP contribution in [0.5, 0.6) is 11.5 Å². The average molecular weight is 463 g/mol. The van der Waals surface area contributed by atoms with E-state index in [1.807, 2.05) is 39.0 Å². The minimum Gasteiger partial charge on any atom is -0.490 e. The zero-order valence-corrected chi connectivity index (χ0v) is 18.9. The van der Waals surface area contributed by atoms with E-state index >= 15 is 0 Å². The third-order valence-corrected chi connectivity index (χ3v) is 4.51. The molecule has 0 unspecified atom stereocenters. The molecule has 2 amide bonds. The summed E-state index contributed by atoms with van der Waals surface area (Å²) in [5, 5.41) is 0. The van der Waals surface area contributed by atoms with Crippen molar-refractivity contribution in [1.29, 1.82) is 0 Å². The highest BCUT2D eigenvalue weighted by atomic mass is 79.9. The topological polar surface area (TPSA) is 76.7 Å². The second-order valence-electron chi connectivity index (χ2n) is 7.29. The molecule has 0 saturated heterocycles. The van der Waals surface area contributed by atoms with E-state index in [0.717, 1.165) is 15.6 Å². The van der Waals surface area contributed by atoms with Gasteiger partial charge in [0.2, 0.25) is 0 Å². The zero-order valence-electron chi connectivity index (χ0n) is 17.3. The van der Waals surface area contributed by atoms with E-state index in [1.54, 1.807) is 18.2 Å². The van der Waals surface area contributed by atoms with E-state index in [4.69, 9.17) is 9.47 Å². The maximum absolute atomic E-state index is 12.5. The van der Waals surface area contributed by atoms with E-state index in [1.165, 1.54) is 0 Å². The van der Waals surface area contributed by atoms with E-state index in [2.05, 4.69) is 40.6 Å². The molecule has 0 radical (unpaired) electrons.